The molecule has 0 aromatic heterocycles. The van der Waals surface area contributed by atoms with E-state index in [4.69, 9.17) is 0 Å². The molecule has 0 bridgehead atoms. The first-order chi connectivity index (χ1) is 9.99. The van der Waals surface area contributed by atoms with E-state index in [9.17, 15) is 9.59 Å². The maximum atomic E-state index is 11.8. The Labute approximate surface area is 126 Å². The molecule has 0 atom stereocenters. The molecule has 5 nitrogen and oxygen atoms in total. The number of hydrogen-bond donors (Lipinski definition) is 3. The fourth-order valence-electron chi connectivity index (χ4n) is 1.72. The predicted molar refractivity (Wildman–Crippen MR) is 85.1 cm³/mol. The quantitative estimate of drug-likeness (QED) is 0.638. The van der Waals surface area contributed by atoms with Gasteiger partial charge >= 0.3 is 0 Å². The van der Waals surface area contributed by atoms with Gasteiger partial charge in [0.15, 0.2) is 0 Å². The van der Waals surface area contributed by atoms with Crippen molar-refractivity contribution in [2.45, 2.75) is 27.2 Å². The van der Waals surface area contributed by atoms with E-state index in [2.05, 4.69) is 29.8 Å². The second-order valence-electron chi connectivity index (χ2n) is 5.49. The Morgan fingerprint density at radius 1 is 1.14 bits per heavy atom. The highest BCUT2D eigenvalue weighted by molar-refractivity contribution is 5.92. The Bertz CT molecular complexity index is 472. The van der Waals surface area contributed by atoms with E-state index < -0.39 is 0 Å². The minimum Gasteiger partial charge on any atom is -0.356 e. The number of rotatable bonds is 8. The lowest BCUT2D eigenvalue weighted by Crippen LogP contribution is -2.33. The first kappa shape index (κ1) is 17.2. The molecule has 5 heteroatoms. The average molecular weight is 291 g/mol. The normalized spacial score (nSPS) is 10.5. The molecular formula is C16H25N3O2. The van der Waals surface area contributed by atoms with Crippen LogP contribution >= 0.6 is 0 Å². The molecule has 1 aromatic carbocycles. The summed E-state index contributed by atoms with van der Waals surface area (Å²) in [4.78, 5) is 23.2. The highest BCUT2D eigenvalue weighted by Gasteiger charge is 2.05. The van der Waals surface area contributed by atoms with Crippen LogP contribution in [0.25, 0.3) is 0 Å². The van der Waals surface area contributed by atoms with Crippen molar-refractivity contribution in [3.63, 3.8) is 0 Å². The summed E-state index contributed by atoms with van der Waals surface area (Å²) in [6.07, 6.45) is 0.379. The maximum Gasteiger partial charge on any atom is 0.238 e. The lowest BCUT2D eigenvalue weighted by molar-refractivity contribution is -0.121. The highest BCUT2D eigenvalue weighted by atomic mass is 16.2. The number of aryl methyl sites for hydroxylation is 1. The summed E-state index contributed by atoms with van der Waals surface area (Å²) in [5.74, 6) is 0.351. The van der Waals surface area contributed by atoms with E-state index in [0.717, 1.165) is 11.3 Å². The molecule has 0 heterocycles. The average Bonchev–Trinajstić information content (AvgIpc) is 2.44. The molecule has 21 heavy (non-hydrogen) atoms. The van der Waals surface area contributed by atoms with Gasteiger partial charge in [0.05, 0.1) is 6.54 Å². The molecule has 0 spiro atoms. The standard InChI is InChI=1S/C16H25N3O2/c1-12(2)10-18-15(20)8-9-17-11-16(21)19-14-7-5-4-6-13(14)3/h4-7,12,17H,8-11H2,1-3H3,(H,18,20)(H,19,21). The molecule has 116 valence electrons. The molecule has 1 rings (SSSR count). The van der Waals surface area contributed by atoms with Crippen LogP contribution < -0.4 is 16.0 Å². The zero-order valence-corrected chi connectivity index (χ0v) is 13.0. The molecule has 2 amide bonds. The van der Waals surface area contributed by atoms with Gasteiger partial charge in [0.2, 0.25) is 11.8 Å². The van der Waals surface area contributed by atoms with Crippen molar-refractivity contribution >= 4 is 17.5 Å². The number of nitrogens with one attached hydrogen (secondary N) is 3. The van der Waals surface area contributed by atoms with Gasteiger partial charge in [-0.25, -0.2) is 0 Å². The van der Waals surface area contributed by atoms with Crippen LogP contribution in [0.1, 0.15) is 25.8 Å². The number of para-hydroxylation sites is 1. The number of anilines is 1. The molecule has 0 saturated carbocycles. The van der Waals surface area contributed by atoms with Crippen LogP contribution in [0, 0.1) is 12.8 Å². The van der Waals surface area contributed by atoms with Gasteiger partial charge in [-0.05, 0) is 24.5 Å². The molecule has 0 aliphatic carbocycles. The number of amides is 2. The van der Waals surface area contributed by atoms with E-state index in [1.807, 2.05) is 31.2 Å². The fourth-order valence-corrected chi connectivity index (χ4v) is 1.72. The summed E-state index contributed by atoms with van der Waals surface area (Å²) in [5, 5.41) is 8.65. The van der Waals surface area contributed by atoms with Crippen molar-refractivity contribution in [3.05, 3.63) is 29.8 Å². The van der Waals surface area contributed by atoms with Crippen LogP contribution in [0.15, 0.2) is 24.3 Å². The van der Waals surface area contributed by atoms with Crippen LogP contribution in [0.3, 0.4) is 0 Å². The first-order valence-electron chi connectivity index (χ1n) is 7.32. The minimum atomic E-state index is -0.105. The monoisotopic (exact) mass is 291 g/mol. The lowest BCUT2D eigenvalue weighted by Gasteiger charge is -2.09. The Morgan fingerprint density at radius 3 is 2.52 bits per heavy atom. The van der Waals surface area contributed by atoms with Gasteiger partial charge in [0.25, 0.3) is 0 Å². The molecule has 0 aliphatic heterocycles. The van der Waals surface area contributed by atoms with Crippen molar-refractivity contribution in [3.8, 4) is 0 Å². The molecule has 3 N–H and O–H groups in total. The molecule has 0 radical (unpaired) electrons. The topological polar surface area (TPSA) is 70.2 Å². The van der Waals surface area contributed by atoms with Crippen LogP contribution in [0.4, 0.5) is 5.69 Å². The number of hydrogen-bond acceptors (Lipinski definition) is 3. The Hall–Kier alpha value is -1.88. The van der Waals surface area contributed by atoms with Crippen molar-refractivity contribution in [1.82, 2.24) is 10.6 Å². The van der Waals surface area contributed by atoms with Crippen molar-refractivity contribution in [1.29, 1.82) is 0 Å². The molecule has 0 aliphatic rings. The van der Waals surface area contributed by atoms with Gasteiger partial charge in [-0.2, -0.15) is 0 Å². The number of carbonyl (C=O) groups excluding carboxylic acids is 2. The van der Waals surface area contributed by atoms with Gasteiger partial charge in [-0.1, -0.05) is 32.0 Å². The SMILES string of the molecule is Cc1ccccc1NC(=O)CNCCC(=O)NCC(C)C. The molecule has 0 fully saturated rings. The molecule has 1 aromatic rings. The van der Waals surface area contributed by atoms with Crippen molar-refractivity contribution in [2.75, 3.05) is 25.0 Å². The van der Waals surface area contributed by atoms with E-state index >= 15 is 0 Å². The number of benzene rings is 1. The zero-order chi connectivity index (χ0) is 15.7. The molecule has 0 unspecified atom stereocenters. The van der Waals surface area contributed by atoms with Gasteiger partial charge in [-0.3, -0.25) is 9.59 Å². The van der Waals surface area contributed by atoms with Crippen LogP contribution in [0.5, 0.6) is 0 Å². The third kappa shape index (κ3) is 7.46. The van der Waals surface area contributed by atoms with E-state index in [1.54, 1.807) is 0 Å². The largest absolute Gasteiger partial charge is 0.356 e. The second-order valence-corrected chi connectivity index (χ2v) is 5.49. The van der Waals surface area contributed by atoms with E-state index in [-0.39, 0.29) is 18.4 Å². The maximum absolute atomic E-state index is 11.8. The second kappa shape index (κ2) is 9.13. The van der Waals surface area contributed by atoms with E-state index in [0.29, 0.717) is 25.4 Å². The van der Waals surface area contributed by atoms with Crippen molar-refractivity contribution < 1.29 is 9.59 Å². The Morgan fingerprint density at radius 2 is 1.86 bits per heavy atom. The predicted octanol–water partition coefficient (Wildman–Crippen LogP) is 1.69. The summed E-state index contributed by atoms with van der Waals surface area (Å²) in [6, 6.07) is 7.63. The molecular weight excluding hydrogens is 266 g/mol. The van der Waals surface area contributed by atoms with Crippen LogP contribution in [0.2, 0.25) is 0 Å². The summed E-state index contributed by atoms with van der Waals surface area (Å²) in [5.41, 5.74) is 1.85. The zero-order valence-electron chi connectivity index (χ0n) is 13.0. The first-order valence-corrected chi connectivity index (χ1v) is 7.32. The smallest absolute Gasteiger partial charge is 0.238 e. The number of carbonyl (C=O) groups is 2. The third-order valence-corrected chi connectivity index (χ3v) is 2.94. The summed E-state index contributed by atoms with van der Waals surface area (Å²) >= 11 is 0. The Kier molecular flexibility index (Phi) is 7.46. The summed E-state index contributed by atoms with van der Waals surface area (Å²) in [7, 11) is 0. The van der Waals surface area contributed by atoms with Gasteiger partial charge in [0.1, 0.15) is 0 Å². The van der Waals surface area contributed by atoms with Gasteiger partial charge < -0.3 is 16.0 Å². The fraction of sp³-hybridized carbons (Fsp3) is 0.500. The molecule has 0 saturated heterocycles. The minimum absolute atomic E-state index is 0.00973. The van der Waals surface area contributed by atoms with Gasteiger partial charge in [-0.15, -0.1) is 0 Å². The van der Waals surface area contributed by atoms with Crippen LogP contribution in [-0.2, 0) is 9.59 Å². The summed E-state index contributed by atoms with van der Waals surface area (Å²) < 4.78 is 0. The third-order valence-electron chi connectivity index (χ3n) is 2.94. The van der Waals surface area contributed by atoms with Crippen molar-refractivity contribution in [2.24, 2.45) is 5.92 Å². The Balaban J connectivity index is 2.17. The van der Waals surface area contributed by atoms with Crippen LogP contribution in [-0.4, -0.2) is 31.4 Å². The van der Waals surface area contributed by atoms with Gasteiger partial charge in [0, 0.05) is 25.2 Å². The van der Waals surface area contributed by atoms with E-state index in [1.165, 1.54) is 0 Å². The lowest BCUT2D eigenvalue weighted by atomic mass is 10.2. The summed E-state index contributed by atoms with van der Waals surface area (Å²) in [6.45, 7) is 7.43. The highest BCUT2D eigenvalue weighted by Crippen LogP contribution is 2.12.